The number of amides is 1. The fraction of sp³-hybridized carbons (Fsp3) is 0.375. The van der Waals surface area contributed by atoms with Gasteiger partial charge < -0.3 is 9.84 Å². The van der Waals surface area contributed by atoms with Crippen LogP contribution in [-0.2, 0) is 23.1 Å². The lowest BCUT2D eigenvalue weighted by Gasteiger charge is -2.19. The summed E-state index contributed by atoms with van der Waals surface area (Å²) in [5, 5.41) is 7.20. The zero-order chi connectivity index (χ0) is 20.7. The number of rotatable bonds is 8. The van der Waals surface area contributed by atoms with E-state index in [-0.39, 0.29) is 17.4 Å². The first-order valence-electron chi connectivity index (χ1n) is 10.1. The van der Waals surface area contributed by atoms with Crippen LogP contribution in [0.3, 0.4) is 0 Å². The summed E-state index contributed by atoms with van der Waals surface area (Å²) in [5.74, 6) is 1.16. The van der Waals surface area contributed by atoms with E-state index in [0.717, 1.165) is 18.4 Å². The molecule has 152 valence electrons. The van der Waals surface area contributed by atoms with Gasteiger partial charge in [0, 0.05) is 18.3 Å². The predicted octanol–water partition coefficient (Wildman–Crippen LogP) is 4.79. The van der Waals surface area contributed by atoms with Crippen molar-refractivity contribution in [3.63, 3.8) is 0 Å². The molecule has 1 N–H and O–H groups in total. The number of hydrogen-bond acceptors (Lipinski definition) is 4. The second-order valence-electron chi connectivity index (χ2n) is 8.32. The summed E-state index contributed by atoms with van der Waals surface area (Å²) in [6, 6.07) is 20.4. The lowest BCUT2D eigenvalue weighted by molar-refractivity contribution is -0.122. The van der Waals surface area contributed by atoms with Gasteiger partial charge >= 0.3 is 0 Å². The zero-order valence-electron chi connectivity index (χ0n) is 17.4. The quantitative estimate of drug-likeness (QED) is 0.599. The number of hydrogen-bond donors (Lipinski definition) is 1. The molecule has 5 nitrogen and oxygen atoms in total. The number of nitrogens with zero attached hydrogens (tertiary/aromatic N) is 2. The molecule has 0 spiro atoms. The number of carbonyl (C=O) groups is 1. The van der Waals surface area contributed by atoms with E-state index in [4.69, 9.17) is 4.52 Å². The standard InChI is InChI=1S/C24H29N3O2/c1-24(2,3)23-26-22(29-27-23)17-16-21(28)25-20(19-12-8-5-9-13-19)15-14-18-10-6-4-7-11-18/h4-13,20H,14-17H2,1-3H3,(H,25,28). The largest absolute Gasteiger partial charge is 0.349 e. The number of nitrogens with one attached hydrogen (secondary N) is 1. The summed E-state index contributed by atoms with van der Waals surface area (Å²) in [4.78, 5) is 17.0. The van der Waals surface area contributed by atoms with Gasteiger partial charge in [0.15, 0.2) is 5.82 Å². The van der Waals surface area contributed by atoms with E-state index in [1.54, 1.807) is 0 Å². The molecule has 0 saturated carbocycles. The van der Waals surface area contributed by atoms with Crippen molar-refractivity contribution in [3.8, 4) is 0 Å². The highest BCUT2D eigenvalue weighted by Gasteiger charge is 2.21. The second-order valence-corrected chi connectivity index (χ2v) is 8.32. The van der Waals surface area contributed by atoms with Gasteiger partial charge in [-0.2, -0.15) is 4.98 Å². The summed E-state index contributed by atoms with van der Waals surface area (Å²) < 4.78 is 5.30. The number of benzene rings is 2. The van der Waals surface area contributed by atoms with Crippen LogP contribution in [0.2, 0.25) is 0 Å². The van der Waals surface area contributed by atoms with Crippen molar-refractivity contribution in [2.45, 2.75) is 57.9 Å². The highest BCUT2D eigenvalue weighted by Crippen LogP contribution is 2.21. The van der Waals surface area contributed by atoms with Gasteiger partial charge in [-0.3, -0.25) is 4.79 Å². The van der Waals surface area contributed by atoms with Gasteiger partial charge in [-0.05, 0) is 24.0 Å². The van der Waals surface area contributed by atoms with E-state index >= 15 is 0 Å². The summed E-state index contributed by atoms with van der Waals surface area (Å²) in [7, 11) is 0. The van der Waals surface area contributed by atoms with Gasteiger partial charge in [0.25, 0.3) is 0 Å². The van der Waals surface area contributed by atoms with Gasteiger partial charge in [-0.25, -0.2) is 0 Å². The van der Waals surface area contributed by atoms with Gasteiger partial charge in [-0.1, -0.05) is 86.6 Å². The van der Waals surface area contributed by atoms with Crippen molar-refractivity contribution in [1.82, 2.24) is 15.5 Å². The molecule has 1 heterocycles. The highest BCUT2D eigenvalue weighted by atomic mass is 16.5. The van der Waals surface area contributed by atoms with Crippen molar-refractivity contribution >= 4 is 5.91 Å². The zero-order valence-corrected chi connectivity index (χ0v) is 17.4. The molecule has 1 amide bonds. The number of carbonyl (C=O) groups excluding carboxylic acids is 1. The van der Waals surface area contributed by atoms with Crippen LogP contribution in [0.1, 0.15) is 62.5 Å². The average Bonchev–Trinajstić information content (AvgIpc) is 3.21. The van der Waals surface area contributed by atoms with Crippen LogP contribution in [0.4, 0.5) is 0 Å². The molecule has 0 radical (unpaired) electrons. The maximum atomic E-state index is 12.6. The molecule has 1 aromatic heterocycles. The van der Waals surface area contributed by atoms with Crippen LogP contribution in [0.25, 0.3) is 0 Å². The summed E-state index contributed by atoms with van der Waals surface area (Å²) >= 11 is 0. The van der Waals surface area contributed by atoms with Crippen LogP contribution in [-0.4, -0.2) is 16.0 Å². The Kier molecular flexibility index (Phi) is 6.81. The Morgan fingerprint density at radius 3 is 2.28 bits per heavy atom. The molecule has 0 aliphatic carbocycles. The monoisotopic (exact) mass is 391 g/mol. The van der Waals surface area contributed by atoms with Crippen molar-refractivity contribution in [2.75, 3.05) is 0 Å². The van der Waals surface area contributed by atoms with Gasteiger partial charge in [0.1, 0.15) is 0 Å². The lowest BCUT2D eigenvalue weighted by Crippen LogP contribution is -2.29. The van der Waals surface area contributed by atoms with Crippen LogP contribution in [0.15, 0.2) is 65.2 Å². The Bertz CT molecular complexity index is 899. The van der Waals surface area contributed by atoms with Crippen LogP contribution in [0, 0.1) is 0 Å². The maximum Gasteiger partial charge on any atom is 0.227 e. The van der Waals surface area contributed by atoms with Crippen molar-refractivity contribution in [2.24, 2.45) is 0 Å². The molecule has 5 heteroatoms. The van der Waals surface area contributed by atoms with E-state index < -0.39 is 0 Å². The molecule has 3 aromatic rings. The van der Waals surface area contributed by atoms with E-state index in [1.165, 1.54) is 5.56 Å². The number of aromatic nitrogens is 2. The lowest BCUT2D eigenvalue weighted by atomic mass is 9.96. The fourth-order valence-corrected chi connectivity index (χ4v) is 3.11. The molecule has 0 bridgehead atoms. The molecular formula is C24H29N3O2. The van der Waals surface area contributed by atoms with Crippen LogP contribution < -0.4 is 5.32 Å². The first kappa shape index (κ1) is 20.8. The molecule has 1 atom stereocenters. The topological polar surface area (TPSA) is 68.0 Å². The first-order valence-corrected chi connectivity index (χ1v) is 10.1. The minimum absolute atomic E-state index is 0.0116. The van der Waals surface area contributed by atoms with Gasteiger partial charge in [-0.15, -0.1) is 0 Å². The van der Waals surface area contributed by atoms with E-state index in [2.05, 4.69) is 39.7 Å². The Labute approximate surface area is 172 Å². The number of aryl methyl sites for hydroxylation is 2. The molecule has 0 saturated heterocycles. The Morgan fingerprint density at radius 2 is 1.66 bits per heavy atom. The molecule has 1 unspecified atom stereocenters. The molecule has 3 rings (SSSR count). The Balaban J connectivity index is 1.59. The maximum absolute atomic E-state index is 12.6. The average molecular weight is 392 g/mol. The Hall–Kier alpha value is -2.95. The third-order valence-corrected chi connectivity index (χ3v) is 4.81. The first-order chi connectivity index (χ1) is 13.9. The van der Waals surface area contributed by atoms with Crippen molar-refractivity contribution in [3.05, 3.63) is 83.5 Å². The van der Waals surface area contributed by atoms with E-state index in [1.807, 2.05) is 57.2 Å². The summed E-state index contributed by atoms with van der Waals surface area (Å²) in [6.45, 7) is 6.10. The molecule has 29 heavy (non-hydrogen) atoms. The predicted molar refractivity (Wildman–Crippen MR) is 113 cm³/mol. The molecule has 0 aliphatic heterocycles. The molecule has 2 aromatic carbocycles. The van der Waals surface area contributed by atoms with Crippen molar-refractivity contribution in [1.29, 1.82) is 0 Å². The second kappa shape index (κ2) is 9.50. The highest BCUT2D eigenvalue weighted by molar-refractivity contribution is 5.76. The van der Waals surface area contributed by atoms with Crippen molar-refractivity contribution < 1.29 is 9.32 Å². The smallest absolute Gasteiger partial charge is 0.227 e. The fourth-order valence-electron chi connectivity index (χ4n) is 3.11. The minimum atomic E-state index is -0.167. The van der Waals surface area contributed by atoms with Gasteiger partial charge in [0.2, 0.25) is 11.8 Å². The van der Waals surface area contributed by atoms with Crippen LogP contribution in [0.5, 0.6) is 0 Å². The minimum Gasteiger partial charge on any atom is -0.349 e. The summed E-state index contributed by atoms with van der Waals surface area (Å²) in [5.41, 5.74) is 2.22. The van der Waals surface area contributed by atoms with Crippen LogP contribution >= 0.6 is 0 Å². The van der Waals surface area contributed by atoms with Gasteiger partial charge in [0.05, 0.1) is 6.04 Å². The SMILES string of the molecule is CC(C)(C)c1noc(CCC(=O)NC(CCc2ccccc2)c2ccccc2)n1. The summed E-state index contributed by atoms with van der Waals surface area (Å²) in [6.07, 6.45) is 2.50. The third-order valence-electron chi connectivity index (χ3n) is 4.81. The molecule has 0 aliphatic rings. The molecular weight excluding hydrogens is 362 g/mol. The van der Waals surface area contributed by atoms with E-state index in [0.29, 0.717) is 24.6 Å². The molecule has 0 fully saturated rings. The van der Waals surface area contributed by atoms with E-state index in [9.17, 15) is 4.79 Å². The normalized spacial score (nSPS) is 12.5. The Morgan fingerprint density at radius 1 is 1.00 bits per heavy atom. The third kappa shape index (κ3) is 6.28.